The Bertz CT molecular complexity index is 361. The molecule has 0 aliphatic carbocycles. The molecule has 0 fully saturated rings. The van der Waals surface area contributed by atoms with Crippen LogP contribution in [0.2, 0.25) is 5.02 Å². The molecule has 5 heteroatoms. The van der Waals surface area contributed by atoms with Gasteiger partial charge in [0.1, 0.15) is 6.61 Å². The number of carbonyl (C=O) groups is 2. The highest BCUT2D eigenvalue weighted by atomic mass is 35.5. The number of aromatic nitrogens is 1. The van der Waals surface area contributed by atoms with Crippen molar-refractivity contribution in [2.75, 3.05) is 6.61 Å². The third-order valence-corrected chi connectivity index (χ3v) is 1.83. The molecule has 0 unspecified atom stereocenters. The SMILES string of the molecule is CC(=O)OCC(=O)Cc1ccc(Cl)cn1. The molecule has 15 heavy (non-hydrogen) atoms. The van der Waals surface area contributed by atoms with Crippen LogP contribution in [0.5, 0.6) is 0 Å². The average Bonchev–Trinajstić information content (AvgIpc) is 2.19. The lowest BCUT2D eigenvalue weighted by molar-refractivity contribution is -0.145. The second kappa shape index (κ2) is 5.46. The molecular formula is C10H10ClNO3. The number of hydrogen-bond donors (Lipinski definition) is 0. The van der Waals surface area contributed by atoms with E-state index in [0.29, 0.717) is 10.7 Å². The molecule has 0 aliphatic heterocycles. The van der Waals surface area contributed by atoms with E-state index in [1.165, 1.54) is 13.1 Å². The normalized spacial score (nSPS) is 9.73. The van der Waals surface area contributed by atoms with Gasteiger partial charge in [-0.1, -0.05) is 11.6 Å². The number of ketones is 1. The number of Topliss-reactive ketones (excluding diaryl/α,β-unsaturated/α-hetero) is 1. The number of halogens is 1. The number of nitrogens with zero attached hydrogens (tertiary/aromatic N) is 1. The minimum atomic E-state index is -0.465. The van der Waals surface area contributed by atoms with Gasteiger partial charge in [0.15, 0.2) is 5.78 Å². The predicted molar refractivity (Wildman–Crippen MR) is 54.6 cm³/mol. The minimum absolute atomic E-state index is 0.143. The van der Waals surface area contributed by atoms with Crippen LogP contribution < -0.4 is 0 Å². The number of esters is 1. The molecule has 0 saturated heterocycles. The van der Waals surface area contributed by atoms with Crippen molar-refractivity contribution in [3.05, 3.63) is 29.0 Å². The molecule has 0 amide bonds. The van der Waals surface area contributed by atoms with Gasteiger partial charge in [0.2, 0.25) is 0 Å². The van der Waals surface area contributed by atoms with Crippen LogP contribution in [0.1, 0.15) is 12.6 Å². The molecular weight excluding hydrogens is 218 g/mol. The molecule has 0 aromatic carbocycles. The summed E-state index contributed by atoms with van der Waals surface area (Å²) in [6.45, 7) is 1.05. The summed E-state index contributed by atoms with van der Waals surface area (Å²) in [5.74, 6) is -0.660. The molecule has 0 N–H and O–H groups in total. The van der Waals surface area contributed by atoms with Crippen LogP contribution in [0.3, 0.4) is 0 Å². The zero-order valence-corrected chi connectivity index (χ0v) is 8.95. The van der Waals surface area contributed by atoms with Crippen LogP contribution in [0, 0.1) is 0 Å². The lowest BCUT2D eigenvalue weighted by Crippen LogP contribution is -2.14. The van der Waals surface area contributed by atoms with Crippen LogP contribution in [-0.4, -0.2) is 23.3 Å². The van der Waals surface area contributed by atoms with Gasteiger partial charge in [-0.25, -0.2) is 0 Å². The third-order valence-electron chi connectivity index (χ3n) is 1.60. The van der Waals surface area contributed by atoms with E-state index in [0.717, 1.165) is 0 Å². The first kappa shape index (κ1) is 11.7. The first-order valence-corrected chi connectivity index (χ1v) is 4.71. The van der Waals surface area contributed by atoms with E-state index < -0.39 is 5.97 Å². The Labute approximate surface area is 92.2 Å². The third kappa shape index (κ3) is 4.56. The zero-order chi connectivity index (χ0) is 11.3. The molecule has 0 saturated carbocycles. The Morgan fingerprint density at radius 3 is 2.73 bits per heavy atom. The van der Waals surface area contributed by atoms with Crippen LogP contribution in [0.15, 0.2) is 18.3 Å². The maximum Gasteiger partial charge on any atom is 0.303 e. The van der Waals surface area contributed by atoms with Crippen LogP contribution in [-0.2, 0) is 20.7 Å². The number of carbonyl (C=O) groups excluding carboxylic acids is 2. The van der Waals surface area contributed by atoms with Crippen molar-refractivity contribution in [3.8, 4) is 0 Å². The summed E-state index contributed by atoms with van der Waals surface area (Å²) < 4.78 is 4.56. The van der Waals surface area contributed by atoms with Crippen LogP contribution in [0.25, 0.3) is 0 Å². The van der Waals surface area contributed by atoms with E-state index in [9.17, 15) is 9.59 Å². The number of pyridine rings is 1. The molecule has 1 aromatic heterocycles. The first-order valence-electron chi connectivity index (χ1n) is 4.33. The molecule has 1 rings (SSSR count). The summed E-state index contributed by atoms with van der Waals surface area (Å²) in [4.78, 5) is 25.6. The molecule has 80 valence electrons. The van der Waals surface area contributed by atoms with E-state index in [1.807, 2.05) is 0 Å². The highest BCUT2D eigenvalue weighted by molar-refractivity contribution is 6.30. The van der Waals surface area contributed by atoms with E-state index in [1.54, 1.807) is 12.1 Å². The Morgan fingerprint density at radius 1 is 1.47 bits per heavy atom. The molecule has 4 nitrogen and oxygen atoms in total. The van der Waals surface area contributed by atoms with Crippen molar-refractivity contribution in [2.45, 2.75) is 13.3 Å². The van der Waals surface area contributed by atoms with Gasteiger partial charge < -0.3 is 4.74 Å². The minimum Gasteiger partial charge on any atom is -0.458 e. The molecule has 0 spiro atoms. The maximum absolute atomic E-state index is 11.3. The highest BCUT2D eigenvalue weighted by Gasteiger charge is 2.06. The summed E-state index contributed by atoms with van der Waals surface area (Å²) in [5, 5.41) is 0.520. The van der Waals surface area contributed by atoms with Crippen LogP contribution >= 0.6 is 11.6 Å². The second-order valence-corrected chi connectivity index (χ2v) is 3.40. The lowest BCUT2D eigenvalue weighted by atomic mass is 10.2. The van der Waals surface area contributed by atoms with Crippen molar-refractivity contribution < 1.29 is 14.3 Å². The Balaban J connectivity index is 2.44. The van der Waals surface area contributed by atoms with Crippen molar-refractivity contribution in [2.24, 2.45) is 0 Å². The summed E-state index contributed by atoms with van der Waals surface area (Å²) in [5.41, 5.74) is 0.608. The number of hydrogen-bond acceptors (Lipinski definition) is 4. The largest absolute Gasteiger partial charge is 0.458 e. The highest BCUT2D eigenvalue weighted by Crippen LogP contribution is 2.06. The fraction of sp³-hybridized carbons (Fsp3) is 0.300. The van der Waals surface area contributed by atoms with Gasteiger partial charge in [0.25, 0.3) is 0 Å². The molecule has 1 aromatic rings. The number of rotatable bonds is 4. The average molecular weight is 228 g/mol. The van der Waals surface area contributed by atoms with E-state index in [4.69, 9.17) is 11.6 Å². The van der Waals surface area contributed by atoms with Crippen molar-refractivity contribution >= 4 is 23.4 Å². The van der Waals surface area contributed by atoms with Gasteiger partial charge >= 0.3 is 5.97 Å². The zero-order valence-electron chi connectivity index (χ0n) is 8.20. The van der Waals surface area contributed by atoms with Gasteiger partial charge in [-0.3, -0.25) is 14.6 Å². The van der Waals surface area contributed by atoms with Crippen molar-refractivity contribution in [1.82, 2.24) is 4.98 Å². The van der Waals surface area contributed by atoms with E-state index >= 15 is 0 Å². The summed E-state index contributed by atoms with van der Waals surface area (Å²) >= 11 is 5.63. The Hall–Kier alpha value is -1.42. The molecule has 0 bridgehead atoms. The van der Waals surface area contributed by atoms with Gasteiger partial charge in [-0.05, 0) is 12.1 Å². The maximum atomic E-state index is 11.3. The van der Waals surface area contributed by atoms with Gasteiger partial charge in [-0.2, -0.15) is 0 Å². The first-order chi connectivity index (χ1) is 7.08. The molecule has 0 atom stereocenters. The fourth-order valence-electron chi connectivity index (χ4n) is 0.946. The number of ether oxygens (including phenoxy) is 1. The summed E-state index contributed by atoms with van der Waals surface area (Å²) in [6, 6.07) is 3.32. The van der Waals surface area contributed by atoms with Crippen LogP contribution in [0.4, 0.5) is 0 Å². The molecule has 1 heterocycles. The smallest absolute Gasteiger partial charge is 0.303 e. The molecule has 0 aliphatic rings. The summed E-state index contributed by atoms with van der Waals surface area (Å²) in [6.07, 6.45) is 1.61. The Kier molecular flexibility index (Phi) is 4.24. The van der Waals surface area contributed by atoms with E-state index in [-0.39, 0.29) is 18.8 Å². The van der Waals surface area contributed by atoms with Gasteiger partial charge in [0.05, 0.1) is 11.4 Å². The lowest BCUT2D eigenvalue weighted by Gasteiger charge is -2.01. The summed E-state index contributed by atoms with van der Waals surface area (Å²) in [7, 11) is 0. The monoisotopic (exact) mass is 227 g/mol. The van der Waals surface area contributed by atoms with Gasteiger partial charge in [0, 0.05) is 18.8 Å². The second-order valence-electron chi connectivity index (χ2n) is 2.96. The van der Waals surface area contributed by atoms with Gasteiger partial charge in [-0.15, -0.1) is 0 Å². The topological polar surface area (TPSA) is 56.3 Å². The quantitative estimate of drug-likeness (QED) is 0.730. The van der Waals surface area contributed by atoms with E-state index in [2.05, 4.69) is 9.72 Å². The fourth-order valence-corrected chi connectivity index (χ4v) is 1.06. The standard InChI is InChI=1S/C10H10ClNO3/c1-7(13)15-6-10(14)4-9-3-2-8(11)5-12-9/h2-3,5H,4,6H2,1H3. The molecule has 0 radical (unpaired) electrons. The van der Waals surface area contributed by atoms with Crippen molar-refractivity contribution in [3.63, 3.8) is 0 Å². The van der Waals surface area contributed by atoms with Crippen molar-refractivity contribution in [1.29, 1.82) is 0 Å². The predicted octanol–water partition coefficient (Wildman–Crippen LogP) is 1.41. The Morgan fingerprint density at radius 2 is 2.20 bits per heavy atom.